The van der Waals surface area contributed by atoms with E-state index >= 15 is 0 Å². The average Bonchev–Trinajstić information content (AvgIpc) is 2.33. The van der Waals surface area contributed by atoms with Gasteiger partial charge >= 0.3 is 6.09 Å². The van der Waals surface area contributed by atoms with Gasteiger partial charge in [0.25, 0.3) is 0 Å². The van der Waals surface area contributed by atoms with Gasteiger partial charge in [0.1, 0.15) is 5.75 Å². The van der Waals surface area contributed by atoms with Crippen LogP contribution in [0.15, 0.2) is 30.3 Å². The standard InChI is InChI=1S/C13H18N2O2/c14-11-8-4-5-9-12(11)15-13(16)17-10-6-2-1-3-7-10/h1-3,6-7,11-12H,4-5,8-9,14H2,(H,15,16). The van der Waals surface area contributed by atoms with Crippen molar-refractivity contribution in [2.24, 2.45) is 5.73 Å². The van der Waals surface area contributed by atoms with Crippen LogP contribution in [-0.2, 0) is 0 Å². The first-order valence-electron chi connectivity index (χ1n) is 6.04. The lowest BCUT2D eigenvalue weighted by Gasteiger charge is -2.28. The summed E-state index contributed by atoms with van der Waals surface area (Å²) in [5.41, 5.74) is 5.95. The topological polar surface area (TPSA) is 64.3 Å². The quantitative estimate of drug-likeness (QED) is 0.823. The van der Waals surface area contributed by atoms with Gasteiger partial charge in [0.2, 0.25) is 0 Å². The number of rotatable bonds is 2. The van der Waals surface area contributed by atoms with E-state index in [1.807, 2.05) is 18.2 Å². The van der Waals surface area contributed by atoms with Crippen molar-refractivity contribution in [3.05, 3.63) is 30.3 Å². The Labute approximate surface area is 101 Å². The third-order valence-electron chi connectivity index (χ3n) is 3.08. The number of nitrogens with two attached hydrogens (primary N) is 1. The fourth-order valence-electron chi connectivity index (χ4n) is 2.12. The molecule has 1 fully saturated rings. The van der Waals surface area contributed by atoms with Crippen LogP contribution in [0.5, 0.6) is 5.75 Å². The van der Waals surface area contributed by atoms with Gasteiger partial charge in [-0.2, -0.15) is 0 Å². The molecule has 1 amide bonds. The molecule has 0 aliphatic heterocycles. The van der Waals surface area contributed by atoms with E-state index in [9.17, 15) is 4.79 Å². The molecule has 92 valence electrons. The summed E-state index contributed by atoms with van der Waals surface area (Å²) in [7, 11) is 0. The minimum Gasteiger partial charge on any atom is -0.410 e. The van der Waals surface area contributed by atoms with E-state index in [-0.39, 0.29) is 12.1 Å². The van der Waals surface area contributed by atoms with E-state index in [2.05, 4.69) is 5.32 Å². The van der Waals surface area contributed by atoms with Crippen LogP contribution in [0.25, 0.3) is 0 Å². The van der Waals surface area contributed by atoms with Crippen LogP contribution in [0.1, 0.15) is 25.7 Å². The molecule has 4 heteroatoms. The molecule has 1 aliphatic carbocycles. The molecule has 1 aromatic carbocycles. The zero-order valence-corrected chi connectivity index (χ0v) is 9.76. The van der Waals surface area contributed by atoms with E-state index in [0.29, 0.717) is 5.75 Å². The Morgan fingerprint density at radius 3 is 2.65 bits per heavy atom. The molecule has 0 heterocycles. The molecule has 1 aliphatic rings. The summed E-state index contributed by atoms with van der Waals surface area (Å²) in [6.45, 7) is 0. The Morgan fingerprint density at radius 2 is 1.94 bits per heavy atom. The highest BCUT2D eigenvalue weighted by Gasteiger charge is 2.23. The van der Waals surface area contributed by atoms with Crippen LogP contribution in [0.4, 0.5) is 4.79 Å². The predicted molar refractivity (Wildman–Crippen MR) is 65.8 cm³/mol. The van der Waals surface area contributed by atoms with Crippen LogP contribution in [0, 0.1) is 0 Å². The van der Waals surface area contributed by atoms with Crippen LogP contribution < -0.4 is 15.8 Å². The molecule has 17 heavy (non-hydrogen) atoms. The van der Waals surface area contributed by atoms with Gasteiger partial charge in [-0.25, -0.2) is 4.79 Å². The van der Waals surface area contributed by atoms with E-state index < -0.39 is 6.09 Å². The first kappa shape index (κ1) is 11.9. The maximum absolute atomic E-state index is 11.6. The van der Waals surface area contributed by atoms with Crippen molar-refractivity contribution < 1.29 is 9.53 Å². The van der Waals surface area contributed by atoms with Gasteiger partial charge in [0.05, 0.1) is 0 Å². The van der Waals surface area contributed by atoms with Crippen LogP contribution in [0.2, 0.25) is 0 Å². The molecule has 0 aromatic heterocycles. The lowest BCUT2D eigenvalue weighted by Crippen LogP contribution is -2.50. The van der Waals surface area contributed by atoms with E-state index in [1.54, 1.807) is 12.1 Å². The van der Waals surface area contributed by atoms with Crippen LogP contribution in [-0.4, -0.2) is 18.2 Å². The largest absolute Gasteiger partial charge is 0.412 e. The number of carbonyl (C=O) groups is 1. The van der Waals surface area contributed by atoms with Gasteiger partial charge < -0.3 is 15.8 Å². The van der Waals surface area contributed by atoms with E-state index in [4.69, 9.17) is 10.5 Å². The van der Waals surface area contributed by atoms with E-state index in [0.717, 1.165) is 25.7 Å². The van der Waals surface area contributed by atoms with Crippen molar-refractivity contribution in [1.29, 1.82) is 0 Å². The third-order valence-corrected chi connectivity index (χ3v) is 3.08. The molecule has 3 N–H and O–H groups in total. The molecule has 1 aromatic rings. The Kier molecular flexibility index (Phi) is 3.98. The Balaban J connectivity index is 1.84. The summed E-state index contributed by atoms with van der Waals surface area (Å²) in [5, 5.41) is 2.83. The minimum atomic E-state index is -0.418. The molecular formula is C13H18N2O2. The maximum Gasteiger partial charge on any atom is 0.412 e. The second kappa shape index (κ2) is 5.68. The monoisotopic (exact) mass is 234 g/mol. The van der Waals surface area contributed by atoms with Crippen molar-refractivity contribution >= 4 is 6.09 Å². The summed E-state index contributed by atoms with van der Waals surface area (Å²) in [6.07, 6.45) is 3.75. The molecular weight excluding hydrogens is 216 g/mol. The van der Waals surface area contributed by atoms with Gasteiger partial charge in [0.15, 0.2) is 0 Å². The zero-order valence-electron chi connectivity index (χ0n) is 9.76. The van der Waals surface area contributed by atoms with Crippen LogP contribution in [0.3, 0.4) is 0 Å². The molecule has 2 unspecified atom stereocenters. The van der Waals surface area contributed by atoms with E-state index in [1.165, 1.54) is 0 Å². The Hall–Kier alpha value is -1.55. The second-order valence-corrected chi connectivity index (χ2v) is 4.40. The first-order valence-corrected chi connectivity index (χ1v) is 6.04. The molecule has 0 radical (unpaired) electrons. The number of benzene rings is 1. The number of hydrogen-bond acceptors (Lipinski definition) is 3. The highest BCUT2D eigenvalue weighted by Crippen LogP contribution is 2.17. The number of ether oxygens (including phenoxy) is 1. The van der Waals surface area contributed by atoms with Crippen molar-refractivity contribution in [3.63, 3.8) is 0 Å². The molecule has 4 nitrogen and oxygen atoms in total. The number of hydrogen-bond donors (Lipinski definition) is 2. The summed E-state index contributed by atoms with van der Waals surface area (Å²) in [6, 6.07) is 9.12. The highest BCUT2D eigenvalue weighted by molar-refractivity contribution is 5.70. The predicted octanol–water partition coefficient (Wildman–Crippen LogP) is 2.04. The van der Waals surface area contributed by atoms with Crippen molar-refractivity contribution in [2.75, 3.05) is 0 Å². The van der Waals surface area contributed by atoms with Gasteiger partial charge in [-0.1, -0.05) is 31.0 Å². The number of para-hydroxylation sites is 1. The third kappa shape index (κ3) is 3.46. The number of nitrogens with one attached hydrogen (secondary N) is 1. The van der Waals surface area contributed by atoms with Gasteiger partial charge in [-0.3, -0.25) is 0 Å². The minimum absolute atomic E-state index is 0.0416. The molecule has 0 saturated heterocycles. The summed E-state index contributed by atoms with van der Waals surface area (Å²) < 4.78 is 5.16. The molecule has 2 rings (SSSR count). The second-order valence-electron chi connectivity index (χ2n) is 4.40. The van der Waals surface area contributed by atoms with Gasteiger partial charge in [-0.15, -0.1) is 0 Å². The van der Waals surface area contributed by atoms with Crippen LogP contribution >= 0.6 is 0 Å². The number of carbonyl (C=O) groups excluding carboxylic acids is 1. The molecule has 1 saturated carbocycles. The average molecular weight is 234 g/mol. The molecule has 0 bridgehead atoms. The lowest BCUT2D eigenvalue weighted by molar-refractivity contribution is 0.189. The van der Waals surface area contributed by atoms with Crippen molar-refractivity contribution in [2.45, 2.75) is 37.8 Å². The summed E-state index contributed by atoms with van der Waals surface area (Å²) in [4.78, 5) is 11.6. The Bertz CT molecular complexity index is 367. The summed E-state index contributed by atoms with van der Waals surface area (Å²) in [5.74, 6) is 0.550. The fourth-order valence-corrected chi connectivity index (χ4v) is 2.12. The lowest BCUT2D eigenvalue weighted by atomic mass is 9.91. The normalized spacial score (nSPS) is 24.1. The first-order chi connectivity index (χ1) is 8.25. The Morgan fingerprint density at radius 1 is 1.24 bits per heavy atom. The SMILES string of the molecule is NC1CCCCC1NC(=O)Oc1ccccc1. The molecule has 2 atom stereocenters. The van der Waals surface area contributed by atoms with Gasteiger partial charge in [0, 0.05) is 12.1 Å². The van der Waals surface area contributed by atoms with Crippen molar-refractivity contribution in [1.82, 2.24) is 5.32 Å². The fraction of sp³-hybridized carbons (Fsp3) is 0.462. The van der Waals surface area contributed by atoms with Crippen molar-refractivity contribution in [3.8, 4) is 5.75 Å². The smallest absolute Gasteiger partial charge is 0.410 e. The molecule has 0 spiro atoms. The summed E-state index contributed by atoms with van der Waals surface area (Å²) >= 11 is 0. The highest BCUT2D eigenvalue weighted by atomic mass is 16.6. The maximum atomic E-state index is 11.6. The van der Waals surface area contributed by atoms with Gasteiger partial charge in [-0.05, 0) is 25.0 Å². The number of amides is 1. The zero-order chi connectivity index (χ0) is 12.1.